The van der Waals surface area contributed by atoms with Gasteiger partial charge in [-0.05, 0) is 23.9 Å². The monoisotopic (exact) mass is 228 g/mol. The molecule has 0 bridgehead atoms. The van der Waals surface area contributed by atoms with Gasteiger partial charge < -0.3 is 9.52 Å². The van der Waals surface area contributed by atoms with Crippen molar-refractivity contribution in [3.05, 3.63) is 45.0 Å². The molecule has 0 fully saturated rings. The number of thiophene rings is 1. The van der Waals surface area contributed by atoms with Crippen LogP contribution >= 0.6 is 22.9 Å². The first-order valence-electron chi connectivity index (χ1n) is 4.14. The Morgan fingerprint density at radius 2 is 2.21 bits per heavy atom. The van der Waals surface area contributed by atoms with Crippen LogP contribution in [0.5, 0.6) is 0 Å². The molecule has 0 saturated carbocycles. The summed E-state index contributed by atoms with van der Waals surface area (Å²) in [5.74, 6) is 0. The molecule has 2 aromatic heterocycles. The van der Waals surface area contributed by atoms with Gasteiger partial charge in [0, 0.05) is 11.1 Å². The summed E-state index contributed by atoms with van der Waals surface area (Å²) in [6.45, 7) is 1.89. The second kappa shape index (κ2) is 3.77. The Morgan fingerprint density at radius 1 is 1.43 bits per heavy atom. The molecule has 4 heteroatoms. The van der Waals surface area contributed by atoms with Gasteiger partial charge >= 0.3 is 0 Å². The number of furan rings is 1. The second-order valence-electron chi connectivity index (χ2n) is 3.06. The van der Waals surface area contributed by atoms with Crippen LogP contribution in [-0.4, -0.2) is 5.11 Å². The first-order valence-corrected chi connectivity index (χ1v) is 5.39. The van der Waals surface area contributed by atoms with E-state index in [1.165, 1.54) is 11.3 Å². The average molecular weight is 229 g/mol. The van der Waals surface area contributed by atoms with E-state index < -0.39 is 6.10 Å². The number of aliphatic hydroxyl groups is 1. The standard InChI is InChI=1S/C10H9ClO2S/c1-6-4-13-5-8(6)9(12)7-2-3-14-10(7)11/h2-5,9,12H,1H3. The Balaban J connectivity index is 2.38. The maximum absolute atomic E-state index is 9.99. The first-order chi connectivity index (χ1) is 6.70. The minimum atomic E-state index is -0.688. The van der Waals surface area contributed by atoms with Crippen LogP contribution in [0.2, 0.25) is 4.34 Å². The molecule has 0 aliphatic rings. The van der Waals surface area contributed by atoms with Crippen LogP contribution in [0.25, 0.3) is 0 Å². The van der Waals surface area contributed by atoms with Gasteiger partial charge in [-0.1, -0.05) is 11.6 Å². The predicted molar refractivity (Wildman–Crippen MR) is 56.8 cm³/mol. The van der Waals surface area contributed by atoms with E-state index in [1.54, 1.807) is 12.5 Å². The van der Waals surface area contributed by atoms with Gasteiger partial charge in [0.2, 0.25) is 0 Å². The number of hydrogen-bond acceptors (Lipinski definition) is 3. The molecule has 1 unspecified atom stereocenters. The van der Waals surface area contributed by atoms with E-state index in [1.807, 2.05) is 18.4 Å². The third-order valence-corrected chi connectivity index (χ3v) is 3.33. The highest BCUT2D eigenvalue weighted by atomic mass is 35.5. The predicted octanol–water partition coefficient (Wildman–Crippen LogP) is 3.38. The summed E-state index contributed by atoms with van der Waals surface area (Å²) < 4.78 is 5.63. The lowest BCUT2D eigenvalue weighted by Gasteiger charge is -2.07. The van der Waals surface area contributed by atoms with E-state index in [0.29, 0.717) is 4.34 Å². The Labute approximate surface area is 90.8 Å². The van der Waals surface area contributed by atoms with Crippen molar-refractivity contribution < 1.29 is 9.52 Å². The molecule has 0 aromatic carbocycles. The van der Waals surface area contributed by atoms with Gasteiger partial charge in [-0.25, -0.2) is 0 Å². The molecule has 2 nitrogen and oxygen atoms in total. The highest BCUT2D eigenvalue weighted by Crippen LogP contribution is 2.33. The lowest BCUT2D eigenvalue weighted by molar-refractivity contribution is 0.219. The summed E-state index contributed by atoms with van der Waals surface area (Å²) in [5.41, 5.74) is 2.44. The van der Waals surface area contributed by atoms with Crippen molar-refractivity contribution in [2.45, 2.75) is 13.0 Å². The zero-order chi connectivity index (χ0) is 10.1. The van der Waals surface area contributed by atoms with Crippen molar-refractivity contribution in [3.8, 4) is 0 Å². The van der Waals surface area contributed by atoms with Gasteiger partial charge in [0.1, 0.15) is 6.10 Å². The maximum Gasteiger partial charge on any atom is 0.110 e. The molecule has 2 heterocycles. The molecule has 0 amide bonds. The van der Waals surface area contributed by atoms with E-state index in [9.17, 15) is 5.11 Å². The quantitative estimate of drug-likeness (QED) is 0.855. The van der Waals surface area contributed by atoms with Crippen molar-refractivity contribution in [3.63, 3.8) is 0 Å². The number of rotatable bonds is 2. The maximum atomic E-state index is 9.99. The highest BCUT2D eigenvalue weighted by molar-refractivity contribution is 7.14. The van der Waals surface area contributed by atoms with E-state index in [2.05, 4.69) is 0 Å². The molecule has 2 rings (SSSR count). The Kier molecular flexibility index (Phi) is 2.63. The van der Waals surface area contributed by atoms with Crippen molar-refractivity contribution in [2.24, 2.45) is 0 Å². The molecule has 1 N–H and O–H groups in total. The van der Waals surface area contributed by atoms with E-state index >= 15 is 0 Å². The molecule has 2 aromatic rings. The fourth-order valence-corrected chi connectivity index (χ4v) is 2.29. The summed E-state index contributed by atoms with van der Waals surface area (Å²) in [6.07, 6.45) is 2.47. The summed E-state index contributed by atoms with van der Waals surface area (Å²) in [4.78, 5) is 0. The third kappa shape index (κ3) is 1.59. The van der Waals surface area contributed by atoms with Gasteiger partial charge in [0.25, 0.3) is 0 Å². The van der Waals surface area contributed by atoms with Crippen LogP contribution < -0.4 is 0 Å². The molecular weight excluding hydrogens is 220 g/mol. The zero-order valence-electron chi connectivity index (χ0n) is 7.53. The lowest BCUT2D eigenvalue weighted by atomic mass is 10.0. The van der Waals surface area contributed by atoms with Crippen LogP contribution in [-0.2, 0) is 0 Å². The van der Waals surface area contributed by atoms with Gasteiger partial charge in [-0.15, -0.1) is 11.3 Å². The van der Waals surface area contributed by atoms with Crippen LogP contribution in [0, 0.1) is 6.92 Å². The summed E-state index contributed by atoms with van der Waals surface area (Å²) in [5, 5.41) is 11.9. The van der Waals surface area contributed by atoms with Crippen LogP contribution in [0.15, 0.2) is 28.4 Å². The fourth-order valence-electron chi connectivity index (χ4n) is 1.32. The number of aliphatic hydroxyl groups excluding tert-OH is 1. The van der Waals surface area contributed by atoms with E-state index in [-0.39, 0.29) is 0 Å². The topological polar surface area (TPSA) is 33.4 Å². The molecular formula is C10H9ClO2S. The van der Waals surface area contributed by atoms with Crippen molar-refractivity contribution >= 4 is 22.9 Å². The Bertz CT molecular complexity index is 393. The van der Waals surface area contributed by atoms with Gasteiger partial charge in [-0.2, -0.15) is 0 Å². The third-order valence-electron chi connectivity index (χ3n) is 2.13. The van der Waals surface area contributed by atoms with Crippen LogP contribution in [0.4, 0.5) is 0 Å². The molecule has 0 saturated heterocycles. The van der Waals surface area contributed by atoms with Gasteiger partial charge in [0.05, 0.1) is 16.9 Å². The Hall–Kier alpha value is -0.770. The number of aryl methyl sites for hydroxylation is 1. The molecule has 14 heavy (non-hydrogen) atoms. The van der Waals surface area contributed by atoms with Crippen molar-refractivity contribution in [2.75, 3.05) is 0 Å². The summed E-state index contributed by atoms with van der Waals surface area (Å²) >= 11 is 7.34. The summed E-state index contributed by atoms with van der Waals surface area (Å²) in [6, 6.07) is 1.82. The van der Waals surface area contributed by atoms with E-state index in [4.69, 9.17) is 16.0 Å². The molecule has 0 spiro atoms. The van der Waals surface area contributed by atoms with Crippen LogP contribution in [0.1, 0.15) is 22.8 Å². The van der Waals surface area contributed by atoms with Crippen LogP contribution in [0.3, 0.4) is 0 Å². The minimum Gasteiger partial charge on any atom is -0.472 e. The first kappa shape index (κ1) is 9.77. The molecule has 1 atom stereocenters. The largest absolute Gasteiger partial charge is 0.472 e. The lowest BCUT2D eigenvalue weighted by Crippen LogP contribution is -1.98. The fraction of sp³-hybridized carbons (Fsp3) is 0.200. The second-order valence-corrected chi connectivity index (χ2v) is 4.58. The number of halogens is 1. The molecule has 0 radical (unpaired) electrons. The van der Waals surface area contributed by atoms with Gasteiger partial charge in [-0.3, -0.25) is 0 Å². The Morgan fingerprint density at radius 3 is 2.71 bits per heavy atom. The van der Waals surface area contributed by atoms with E-state index in [0.717, 1.165) is 16.7 Å². The van der Waals surface area contributed by atoms with Crippen molar-refractivity contribution in [1.82, 2.24) is 0 Å². The number of hydrogen-bond donors (Lipinski definition) is 1. The molecule has 0 aliphatic heterocycles. The normalized spacial score (nSPS) is 13.1. The molecule has 74 valence electrons. The van der Waals surface area contributed by atoms with Gasteiger partial charge in [0.15, 0.2) is 0 Å². The van der Waals surface area contributed by atoms with Crippen molar-refractivity contribution in [1.29, 1.82) is 0 Å². The highest BCUT2D eigenvalue weighted by Gasteiger charge is 2.17. The zero-order valence-corrected chi connectivity index (χ0v) is 9.10. The molecule has 0 aliphatic carbocycles. The average Bonchev–Trinajstić information content (AvgIpc) is 2.73. The minimum absolute atomic E-state index is 0.623. The summed E-state index contributed by atoms with van der Waals surface area (Å²) in [7, 11) is 0. The SMILES string of the molecule is Cc1cocc1C(O)c1ccsc1Cl. The smallest absolute Gasteiger partial charge is 0.110 e.